The SMILES string of the molecule is COCCCN(CCCOC)CC(=O)ON1C(=O)CCC1=O. The molecule has 0 aromatic carbocycles. The molecule has 0 unspecified atom stereocenters. The lowest BCUT2D eigenvalue weighted by molar-refractivity contribution is -0.198. The lowest BCUT2D eigenvalue weighted by atomic mass is 10.3. The number of hydroxylamine groups is 2. The maximum Gasteiger partial charge on any atom is 0.347 e. The standard InChI is InChI=1S/C14H24N2O6/c1-20-9-3-7-15(8-4-10-21-2)11-14(19)22-16-12(17)5-6-13(16)18/h3-11H2,1-2H3. The van der Waals surface area contributed by atoms with Gasteiger partial charge in [-0.05, 0) is 12.8 Å². The third-order valence-electron chi connectivity index (χ3n) is 3.20. The van der Waals surface area contributed by atoms with Crippen LogP contribution < -0.4 is 0 Å². The largest absolute Gasteiger partial charge is 0.385 e. The molecule has 0 radical (unpaired) electrons. The summed E-state index contributed by atoms with van der Waals surface area (Å²) in [5.74, 6) is -1.55. The van der Waals surface area contributed by atoms with E-state index in [0.29, 0.717) is 31.4 Å². The second kappa shape index (κ2) is 10.3. The van der Waals surface area contributed by atoms with E-state index in [9.17, 15) is 14.4 Å². The van der Waals surface area contributed by atoms with Crippen LogP contribution in [0.5, 0.6) is 0 Å². The number of carbonyl (C=O) groups excluding carboxylic acids is 3. The van der Waals surface area contributed by atoms with E-state index in [-0.39, 0.29) is 19.4 Å². The Balaban J connectivity index is 2.42. The summed E-state index contributed by atoms with van der Waals surface area (Å²) in [5.41, 5.74) is 0. The smallest absolute Gasteiger partial charge is 0.347 e. The molecule has 1 aliphatic heterocycles. The Morgan fingerprint density at radius 1 is 1.05 bits per heavy atom. The van der Waals surface area contributed by atoms with Gasteiger partial charge in [0.05, 0.1) is 6.54 Å². The molecule has 0 spiro atoms. The quantitative estimate of drug-likeness (QED) is 0.391. The van der Waals surface area contributed by atoms with E-state index in [1.807, 2.05) is 4.90 Å². The predicted molar refractivity (Wildman–Crippen MR) is 76.6 cm³/mol. The summed E-state index contributed by atoms with van der Waals surface area (Å²) < 4.78 is 9.99. The van der Waals surface area contributed by atoms with E-state index in [2.05, 4.69) is 0 Å². The minimum absolute atomic E-state index is 0.0183. The molecule has 0 aromatic heterocycles. The highest BCUT2D eigenvalue weighted by Crippen LogP contribution is 2.12. The van der Waals surface area contributed by atoms with Crippen LogP contribution in [0.1, 0.15) is 25.7 Å². The van der Waals surface area contributed by atoms with Gasteiger partial charge in [-0.1, -0.05) is 0 Å². The van der Waals surface area contributed by atoms with Crippen LogP contribution in [0, 0.1) is 0 Å². The van der Waals surface area contributed by atoms with E-state index in [1.165, 1.54) is 0 Å². The number of hydrogen-bond acceptors (Lipinski definition) is 7. The maximum absolute atomic E-state index is 11.9. The lowest BCUT2D eigenvalue weighted by Gasteiger charge is -2.22. The van der Waals surface area contributed by atoms with Gasteiger partial charge >= 0.3 is 5.97 Å². The van der Waals surface area contributed by atoms with E-state index < -0.39 is 17.8 Å². The number of imide groups is 1. The fourth-order valence-electron chi connectivity index (χ4n) is 2.11. The molecule has 1 fully saturated rings. The lowest BCUT2D eigenvalue weighted by Crippen LogP contribution is -2.39. The minimum atomic E-state index is -0.613. The Hall–Kier alpha value is -1.51. The molecule has 0 bridgehead atoms. The molecule has 1 saturated heterocycles. The Kier molecular flexibility index (Phi) is 8.64. The van der Waals surface area contributed by atoms with Crippen molar-refractivity contribution >= 4 is 17.8 Å². The van der Waals surface area contributed by atoms with Crippen molar-refractivity contribution < 1.29 is 28.7 Å². The molecular weight excluding hydrogens is 292 g/mol. The second-order valence-corrected chi connectivity index (χ2v) is 5.01. The van der Waals surface area contributed by atoms with Gasteiger partial charge in [0.25, 0.3) is 11.8 Å². The number of nitrogens with zero attached hydrogens (tertiary/aromatic N) is 2. The van der Waals surface area contributed by atoms with Crippen LogP contribution in [0.15, 0.2) is 0 Å². The van der Waals surface area contributed by atoms with Crippen molar-refractivity contribution in [2.24, 2.45) is 0 Å². The predicted octanol–water partition coefficient (Wildman–Crippen LogP) is -0.0314. The van der Waals surface area contributed by atoms with Gasteiger partial charge in [0.1, 0.15) is 0 Å². The molecule has 2 amide bonds. The van der Waals surface area contributed by atoms with Crippen LogP contribution in [0.3, 0.4) is 0 Å². The minimum Gasteiger partial charge on any atom is -0.385 e. The van der Waals surface area contributed by atoms with E-state index >= 15 is 0 Å². The number of rotatable bonds is 11. The van der Waals surface area contributed by atoms with E-state index in [1.54, 1.807) is 14.2 Å². The maximum atomic E-state index is 11.9. The van der Waals surface area contributed by atoms with E-state index in [0.717, 1.165) is 12.8 Å². The van der Waals surface area contributed by atoms with Crippen molar-refractivity contribution in [1.29, 1.82) is 0 Å². The number of carbonyl (C=O) groups is 3. The first-order valence-electron chi connectivity index (χ1n) is 7.35. The van der Waals surface area contributed by atoms with Crippen molar-refractivity contribution in [3.8, 4) is 0 Å². The third-order valence-corrected chi connectivity index (χ3v) is 3.20. The first-order valence-corrected chi connectivity index (χ1v) is 7.35. The second-order valence-electron chi connectivity index (χ2n) is 5.01. The van der Waals surface area contributed by atoms with Crippen molar-refractivity contribution in [3.05, 3.63) is 0 Å². The van der Waals surface area contributed by atoms with Crippen LogP contribution >= 0.6 is 0 Å². The Morgan fingerprint density at radius 3 is 2.00 bits per heavy atom. The normalized spacial score (nSPS) is 15.0. The Labute approximate surface area is 130 Å². The molecule has 0 aliphatic carbocycles. The first kappa shape index (κ1) is 18.5. The first-order chi connectivity index (χ1) is 10.6. The summed E-state index contributed by atoms with van der Waals surface area (Å²) in [6.07, 6.45) is 1.74. The zero-order chi connectivity index (χ0) is 16.4. The van der Waals surface area contributed by atoms with Crippen LogP contribution in [0.25, 0.3) is 0 Å². The van der Waals surface area contributed by atoms with Gasteiger partial charge in [-0.3, -0.25) is 14.5 Å². The topological polar surface area (TPSA) is 85.4 Å². The summed E-state index contributed by atoms with van der Waals surface area (Å²) >= 11 is 0. The average Bonchev–Trinajstić information content (AvgIpc) is 2.79. The summed E-state index contributed by atoms with van der Waals surface area (Å²) in [6, 6.07) is 0. The van der Waals surface area contributed by atoms with Gasteiger partial charge < -0.3 is 14.3 Å². The highest BCUT2D eigenvalue weighted by molar-refractivity contribution is 6.01. The van der Waals surface area contributed by atoms with Gasteiger partial charge in [-0.15, -0.1) is 5.06 Å². The highest BCUT2D eigenvalue weighted by Gasteiger charge is 2.33. The fourth-order valence-corrected chi connectivity index (χ4v) is 2.11. The molecule has 0 atom stereocenters. The molecule has 1 heterocycles. The molecular formula is C14H24N2O6. The zero-order valence-corrected chi connectivity index (χ0v) is 13.2. The van der Waals surface area contributed by atoms with E-state index in [4.69, 9.17) is 14.3 Å². The number of methoxy groups -OCH3 is 2. The average molecular weight is 316 g/mol. The molecule has 0 saturated carbocycles. The summed E-state index contributed by atoms with van der Waals surface area (Å²) in [7, 11) is 3.24. The number of ether oxygens (including phenoxy) is 2. The van der Waals surface area contributed by atoms with Gasteiger partial charge in [0.15, 0.2) is 0 Å². The van der Waals surface area contributed by atoms with Gasteiger partial charge in [-0.25, -0.2) is 4.79 Å². The number of amides is 2. The van der Waals surface area contributed by atoms with Gasteiger partial charge in [0, 0.05) is 53.4 Å². The Bertz CT molecular complexity index is 362. The molecule has 0 aromatic rings. The molecule has 8 nitrogen and oxygen atoms in total. The van der Waals surface area contributed by atoms with Crippen LogP contribution in [0.2, 0.25) is 0 Å². The van der Waals surface area contributed by atoms with Crippen LogP contribution in [0.4, 0.5) is 0 Å². The summed E-state index contributed by atoms with van der Waals surface area (Å²) in [4.78, 5) is 41.5. The van der Waals surface area contributed by atoms with Crippen LogP contribution in [-0.2, 0) is 28.7 Å². The van der Waals surface area contributed by atoms with Gasteiger partial charge in [0.2, 0.25) is 0 Å². The summed E-state index contributed by atoms with van der Waals surface area (Å²) in [5, 5.41) is 0.574. The molecule has 1 aliphatic rings. The van der Waals surface area contributed by atoms with Crippen molar-refractivity contribution in [2.75, 3.05) is 47.1 Å². The molecule has 22 heavy (non-hydrogen) atoms. The number of hydrogen-bond donors (Lipinski definition) is 0. The molecule has 0 N–H and O–H groups in total. The molecule has 126 valence electrons. The van der Waals surface area contributed by atoms with Crippen molar-refractivity contribution in [1.82, 2.24) is 9.96 Å². The zero-order valence-electron chi connectivity index (χ0n) is 13.2. The monoisotopic (exact) mass is 316 g/mol. The third kappa shape index (κ3) is 6.50. The Morgan fingerprint density at radius 2 is 1.55 bits per heavy atom. The summed E-state index contributed by atoms with van der Waals surface area (Å²) in [6.45, 7) is 2.53. The van der Waals surface area contributed by atoms with Gasteiger partial charge in [-0.2, -0.15) is 0 Å². The molecule has 8 heteroatoms. The fraction of sp³-hybridized carbons (Fsp3) is 0.786. The van der Waals surface area contributed by atoms with Crippen LogP contribution in [-0.4, -0.2) is 74.8 Å². The van der Waals surface area contributed by atoms with Crippen molar-refractivity contribution in [2.45, 2.75) is 25.7 Å². The highest BCUT2D eigenvalue weighted by atomic mass is 16.7. The van der Waals surface area contributed by atoms with Crippen molar-refractivity contribution in [3.63, 3.8) is 0 Å². The molecule has 1 rings (SSSR count).